The van der Waals surface area contributed by atoms with Crippen molar-refractivity contribution >= 4 is 0 Å². The fraction of sp³-hybridized carbons (Fsp3) is 0.500. The first-order valence-corrected chi connectivity index (χ1v) is 12.8. The van der Waals surface area contributed by atoms with Gasteiger partial charge in [0.2, 0.25) is 0 Å². The van der Waals surface area contributed by atoms with Crippen molar-refractivity contribution in [2.24, 2.45) is 0 Å². The molecule has 0 saturated carbocycles. The van der Waals surface area contributed by atoms with Crippen LogP contribution in [0.1, 0.15) is 95.0 Å². The highest BCUT2D eigenvalue weighted by Crippen LogP contribution is 2.44. The van der Waals surface area contributed by atoms with Crippen LogP contribution in [0, 0.1) is 0 Å². The van der Waals surface area contributed by atoms with Crippen molar-refractivity contribution in [3.63, 3.8) is 0 Å². The lowest BCUT2D eigenvalue weighted by atomic mass is 9.66. The van der Waals surface area contributed by atoms with Gasteiger partial charge in [0.05, 0.1) is 0 Å². The summed E-state index contributed by atoms with van der Waals surface area (Å²) in [5.74, 6) is 1.66. The van der Waals surface area contributed by atoms with Gasteiger partial charge in [-0.3, -0.25) is 0 Å². The molecular formula is C30H42N2. The van der Waals surface area contributed by atoms with E-state index in [0.29, 0.717) is 5.92 Å². The Morgan fingerprint density at radius 3 is 2.16 bits per heavy atom. The maximum Gasteiger partial charge on any atom is 0.112 e. The SMILES string of the molecule is CCCCCCCn1ccnc1C(CCCC)C(C)(Cc1ccccc1)c1ccccc1. The largest absolute Gasteiger partial charge is 0.335 e. The summed E-state index contributed by atoms with van der Waals surface area (Å²) in [4.78, 5) is 4.98. The second kappa shape index (κ2) is 12.6. The minimum atomic E-state index is -0.0108. The highest BCUT2D eigenvalue weighted by molar-refractivity contribution is 5.33. The van der Waals surface area contributed by atoms with Crippen LogP contribution in [-0.2, 0) is 18.4 Å². The van der Waals surface area contributed by atoms with E-state index in [1.54, 1.807) is 0 Å². The van der Waals surface area contributed by atoms with E-state index in [0.717, 1.165) is 13.0 Å². The molecule has 1 aromatic heterocycles. The molecule has 3 aromatic rings. The predicted molar refractivity (Wildman–Crippen MR) is 137 cm³/mol. The number of aromatic nitrogens is 2. The average Bonchev–Trinajstić information content (AvgIpc) is 3.28. The number of hydrogen-bond donors (Lipinski definition) is 0. The number of imidazole rings is 1. The Morgan fingerprint density at radius 1 is 0.812 bits per heavy atom. The number of unbranched alkanes of at least 4 members (excludes halogenated alkanes) is 5. The van der Waals surface area contributed by atoms with Gasteiger partial charge in [-0.15, -0.1) is 0 Å². The topological polar surface area (TPSA) is 17.8 Å². The summed E-state index contributed by atoms with van der Waals surface area (Å²) in [6.45, 7) is 8.13. The van der Waals surface area contributed by atoms with E-state index in [2.05, 4.69) is 92.2 Å². The molecule has 0 N–H and O–H groups in total. The second-order valence-electron chi connectivity index (χ2n) is 9.53. The van der Waals surface area contributed by atoms with E-state index in [-0.39, 0.29) is 5.41 Å². The van der Waals surface area contributed by atoms with E-state index >= 15 is 0 Å². The van der Waals surface area contributed by atoms with Gasteiger partial charge in [-0.25, -0.2) is 4.98 Å². The third-order valence-corrected chi connectivity index (χ3v) is 7.02. The Bertz CT molecular complexity index is 883. The van der Waals surface area contributed by atoms with Crippen molar-refractivity contribution in [2.45, 2.75) is 96.4 Å². The number of hydrogen-bond acceptors (Lipinski definition) is 1. The Kier molecular flexibility index (Phi) is 9.59. The summed E-state index contributed by atoms with van der Waals surface area (Å²) in [5.41, 5.74) is 2.81. The van der Waals surface area contributed by atoms with Crippen molar-refractivity contribution in [2.75, 3.05) is 0 Å². The number of nitrogens with zero attached hydrogens (tertiary/aromatic N) is 2. The van der Waals surface area contributed by atoms with Crippen molar-refractivity contribution in [1.29, 1.82) is 0 Å². The smallest absolute Gasteiger partial charge is 0.112 e. The van der Waals surface area contributed by atoms with Crippen LogP contribution >= 0.6 is 0 Å². The minimum absolute atomic E-state index is 0.0108. The van der Waals surface area contributed by atoms with Crippen molar-refractivity contribution < 1.29 is 0 Å². The molecule has 2 nitrogen and oxygen atoms in total. The maximum atomic E-state index is 4.98. The molecule has 0 aliphatic carbocycles. The molecule has 2 heteroatoms. The van der Waals surface area contributed by atoms with Gasteiger partial charge in [-0.1, -0.05) is 120 Å². The first-order chi connectivity index (χ1) is 15.7. The predicted octanol–water partition coefficient (Wildman–Crippen LogP) is 8.33. The van der Waals surface area contributed by atoms with Gasteiger partial charge in [0.25, 0.3) is 0 Å². The molecule has 172 valence electrons. The quantitative estimate of drug-likeness (QED) is 0.235. The van der Waals surface area contributed by atoms with Gasteiger partial charge in [0.1, 0.15) is 5.82 Å². The average molecular weight is 431 g/mol. The summed E-state index contributed by atoms with van der Waals surface area (Å²) in [7, 11) is 0. The Hall–Kier alpha value is -2.35. The molecule has 0 aliphatic heterocycles. The number of rotatable bonds is 14. The van der Waals surface area contributed by atoms with Crippen LogP contribution in [0.25, 0.3) is 0 Å². The molecule has 2 atom stereocenters. The van der Waals surface area contributed by atoms with Crippen LogP contribution in [0.2, 0.25) is 0 Å². The van der Waals surface area contributed by atoms with E-state index < -0.39 is 0 Å². The first kappa shape index (κ1) is 24.3. The highest BCUT2D eigenvalue weighted by atomic mass is 15.1. The van der Waals surface area contributed by atoms with E-state index in [1.165, 1.54) is 68.3 Å². The second-order valence-corrected chi connectivity index (χ2v) is 9.53. The van der Waals surface area contributed by atoms with E-state index in [4.69, 9.17) is 4.98 Å². The highest BCUT2D eigenvalue weighted by Gasteiger charge is 2.39. The lowest BCUT2D eigenvalue weighted by molar-refractivity contribution is 0.324. The molecule has 1 heterocycles. The standard InChI is InChI=1S/C30H42N2/c1-4-6-8-9-16-23-32-24-22-31-29(32)28(21-7-5-2)30(3,27-19-14-11-15-20-27)25-26-17-12-10-13-18-26/h10-15,17-20,22,24,28H,4-9,16,21,23,25H2,1-3H3. The fourth-order valence-corrected chi connectivity index (χ4v) is 5.11. The van der Waals surface area contributed by atoms with Crippen LogP contribution in [0.15, 0.2) is 73.1 Å². The molecule has 0 bridgehead atoms. The van der Waals surface area contributed by atoms with Crippen LogP contribution in [0.5, 0.6) is 0 Å². The van der Waals surface area contributed by atoms with Crippen LogP contribution < -0.4 is 0 Å². The lowest BCUT2D eigenvalue weighted by Gasteiger charge is -2.39. The minimum Gasteiger partial charge on any atom is -0.335 e. The van der Waals surface area contributed by atoms with Gasteiger partial charge in [-0.05, 0) is 30.4 Å². The van der Waals surface area contributed by atoms with Crippen LogP contribution in [0.3, 0.4) is 0 Å². The Morgan fingerprint density at radius 2 is 1.47 bits per heavy atom. The van der Waals surface area contributed by atoms with Gasteiger partial charge in [0.15, 0.2) is 0 Å². The third kappa shape index (κ3) is 6.34. The molecular weight excluding hydrogens is 388 g/mol. The van der Waals surface area contributed by atoms with Crippen molar-refractivity contribution in [1.82, 2.24) is 9.55 Å². The molecule has 2 unspecified atom stereocenters. The summed E-state index contributed by atoms with van der Waals surface area (Å²) >= 11 is 0. The maximum absolute atomic E-state index is 4.98. The molecule has 0 aliphatic rings. The Balaban J connectivity index is 1.94. The van der Waals surface area contributed by atoms with Gasteiger partial charge in [0, 0.05) is 30.3 Å². The lowest BCUT2D eigenvalue weighted by Crippen LogP contribution is -2.35. The monoisotopic (exact) mass is 430 g/mol. The van der Waals surface area contributed by atoms with Gasteiger partial charge < -0.3 is 4.57 Å². The number of benzene rings is 2. The summed E-state index contributed by atoms with van der Waals surface area (Å²) in [5, 5.41) is 0. The normalized spacial score (nSPS) is 14.2. The van der Waals surface area contributed by atoms with E-state index in [1.807, 2.05) is 6.20 Å². The summed E-state index contributed by atoms with van der Waals surface area (Å²) in [6.07, 6.45) is 15.4. The third-order valence-electron chi connectivity index (χ3n) is 7.02. The van der Waals surface area contributed by atoms with Crippen molar-refractivity contribution in [3.05, 3.63) is 90.0 Å². The molecule has 0 fully saturated rings. The zero-order valence-corrected chi connectivity index (χ0v) is 20.5. The van der Waals surface area contributed by atoms with Crippen LogP contribution in [-0.4, -0.2) is 9.55 Å². The molecule has 32 heavy (non-hydrogen) atoms. The number of aryl methyl sites for hydroxylation is 1. The van der Waals surface area contributed by atoms with Gasteiger partial charge in [-0.2, -0.15) is 0 Å². The summed E-state index contributed by atoms with van der Waals surface area (Å²) in [6, 6.07) is 22.1. The summed E-state index contributed by atoms with van der Waals surface area (Å²) < 4.78 is 2.46. The molecule has 2 aromatic carbocycles. The Labute approximate surface area is 196 Å². The van der Waals surface area contributed by atoms with Gasteiger partial charge >= 0.3 is 0 Å². The fourth-order valence-electron chi connectivity index (χ4n) is 5.11. The zero-order chi connectivity index (χ0) is 22.7. The molecule has 0 amide bonds. The van der Waals surface area contributed by atoms with Crippen LogP contribution in [0.4, 0.5) is 0 Å². The first-order valence-electron chi connectivity index (χ1n) is 12.8. The molecule has 0 saturated heterocycles. The zero-order valence-electron chi connectivity index (χ0n) is 20.5. The molecule has 0 radical (unpaired) electrons. The molecule has 0 spiro atoms. The molecule has 3 rings (SSSR count). The van der Waals surface area contributed by atoms with Crippen molar-refractivity contribution in [3.8, 4) is 0 Å². The van der Waals surface area contributed by atoms with E-state index in [9.17, 15) is 0 Å².